The van der Waals surface area contributed by atoms with Gasteiger partial charge in [0.25, 0.3) is 0 Å². The predicted octanol–water partition coefficient (Wildman–Crippen LogP) is -0.832. The molecule has 0 aliphatic carbocycles. The maximum absolute atomic E-state index is 12.0. The van der Waals surface area contributed by atoms with Crippen LogP contribution in [0.1, 0.15) is 6.92 Å². The molecule has 1 rings (SSSR count). The van der Waals surface area contributed by atoms with E-state index in [-0.39, 0.29) is 29.9 Å². The summed E-state index contributed by atoms with van der Waals surface area (Å²) in [5.74, 6) is -1.49. The third-order valence-electron chi connectivity index (χ3n) is 2.55. The number of hydrogen-bond donors (Lipinski definition) is 2. The topological polar surface area (TPSA) is 95.9 Å². The van der Waals surface area contributed by atoms with Crippen LogP contribution in [0, 0.1) is 0 Å². The number of carbonyl (C=O) groups excluding carboxylic acids is 2. The van der Waals surface area contributed by atoms with Crippen LogP contribution in [-0.4, -0.2) is 71.6 Å². The molecular formula is C11H18N2O5S. The first kappa shape index (κ1) is 15.8. The van der Waals surface area contributed by atoms with E-state index in [0.717, 1.165) is 11.8 Å². The number of amides is 2. The smallest absolute Gasteiger partial charge is 0.313 e. The summed E-state index contributed by atoms with van der Waals surface area (Å²) in [6.45, 7) is 3.22. The van der Waals surface area contributed by atoms with Crippen molar-refractivity contribution in [1.82, 2.24) is 10.2 Å². The normalized spacial score (nSPS) is 19.0. The molecule has 0 radical (unpaired) electrons. The van der Waals surface area contributed by atoms with E-state index in [4.69, 9.17) is 9.84 Å². The van der Waals surface area contributed by atoms with E-state index in [1.807, 2.05) is 0 Å². The van der Waals surface area contributed by atoms with Gasteiger partial charge in [0.2, 0.25) is 11.8 Å². The molecule has 0 bridgehead atoms. The molecule has 1 fully saturated rings. The molecule has 2 N–H and O–H groups in total. The summed E-state index contributed by atoms with van der Waals surface area (Å²) in [7, 11) is 0. The molecule has 0 saturated carbocycles. The van der Waals surface area contributed by atoms with Crippen molar-refractivity contribution >= 4 is 29.5 Å². The molecule has 108 valence electrons. The Hall–Kier alpha value is -1.28. The number of thioether (sulfide) groups is 1. The maximum atomic E-state index is 12.0. The standard InChI is InChI=1S/C11H18N2O5S/c1-2-12-11(17)8-5-18-4-3-13(8)9(14)6-19-7-10(15)16/h8H,2-7H2,1H3,(H,12,17)(H,15,16). The molecule has 7 nitrogen and oxygen atoms in total. The van der Waals surface area contributed by atoms with Gasteiger partial charge in [-0.2, -0.15) is 0 Å². The predicted molar refractivity (Wildman–Crippen MR) is 70.0 cm³/mol. The molecule has 1 heterocycles. The molecule has 0 aromatic rings. The lowest BCUT2D eigenvalue weighted by Crippen LogP contribution is -2.56. The second-order valence-corrected chi connectivity index (χ2v) is 4.94. The van der Waals surface area contributed by atoms with Crippen molar-refractivity contribution in [2.24, 2.45) is 0 Å². The summed E-state index contributed by atoms with van der Waals surface area (Å²) in [6.07, 6.45) is 0. The number of carboxylic acid groups (broad SMARTS) is 1. The highest BCUT2D eigenvalue weighted by atomic mass is 32.2. The van der Waals surface area contributed by atoms with Crippen molar-refractivity contribution in [2.75, 3.05) is 37.8 Å². The fourth-order valence-electron chi connectivity index (χ4n) is 1.72. The van der Waals surface area contributed by atoms with Crippen molar-refractivity contribution in [3.05, 3.63) is 0 Å². The second-order valence-electron chi connectivity index (χ2n) is 3.96. The minimum Gasteiger partial charge on any atom is -0.481 e. The van der Waals surface area contributed by atoms with Crippen LogP contribution in [0.25, 0.3) is 0 Å². The lowest BCUT2D eigenvalue weighted by atomic mass is 10.2. The summed E-state index contributed by atoms with van der Waals surface area (Å²) < 4.78 is 5.22. The van der Waals surface area contributed by atoms with Gasteiger partial charge in [-0.15, -0.1) is 11.8 Å². The Morgan fingerprint density at radius 3 is 2.79 bits per heavy atom. The van der Waals surface area contributed by atoms with Crippen molar-refractivity contribution in [3.8, 4) is 0 Å². The van der Waals surface area contributed by atoms with Gasteiger partial charge < -0.3 is 20.1 Å². The Morgan fingerprint density at radius 2 is 2.16 bits per heavy atom. The SMILES string of the molecule is CCNC(=O)C1COCCN1C(=O)CSCC(=O)O. The number of carbonyl (C=O) groups is 3. The van der Waals surface area contributed by atoms with Crippen LogP contribution in [0.2, 0.25) is 0 Å². The molecule has 1 atom stereocenters. The van der Waals surface area contributed by atoms with Gasteiger partial charge >= 0.3 is 5.97 Å². The van der Waals surface area contributed by atoms with Gasteiger partial charge in [-0.05, 0) is 6.92 Å². The Morgan fingerprint density at radius 1 is 1.42 bits per heavy atom. The highest BCUT2D eigenvalue weighted by Gasteiger charge is 2.32. The molecule has 1 aliphatic rings. The number of morpholine rings is 1. The van der Waals surface area contributed by atoms with Crippen LogP contribution in [0.15, 0.2) is 0 Å². The third-order valence-corrected chi connectivity index (χ3v) is 3.46. The second kappa shape index (κ2) is 8.00. The van der Waals surface area contributed by atoms with Gasteiger partial charge in [0, 0.05) is 13.1 Å². The van der Waals surface area contributed by atoms with E-state index < -0.39 is 12.0 Å². The number of rotatable bonds is 6. The number of aliphatic carboxylic acids is 1. The fraction of sp³-hybridized carbons (Fsp3) is 0.727. The van der Waals surface area contributed by atoms with Gasteiger partial charge in [-0.25, -0.2) is 0 Å². The van der Waals surface area contributed by atoms with E-state index in [1.165, 1.54) is 4.90 Å². The zero-order valence-electron chi connectivity index (χ0n) is 10.8. The van der Waals surface area contributed by atoms with Gasteiger partial charge in [-0.1, -0.05) is 0 Å². The van der Waals surface area contributed by atoms with Crippen molar-refractivity contribution < 1.29 is 24.2 Å². The monoisotopic (exact) mass is 290 g/mol. The molecule has 1 saturated heterocycles. The fourth-order valence-corrected chi connectivity index (χ4v) is 2.34. The average Bonchev–Trinajstić information content (AvgIpc) is 2.38. The lowest BCUT2D eigenvalue weighted by Gasteiger charge is -2.34. The lowest BCUT2D eigenvalue weighted by molar-refractivity contribution is -0.146. The molecule has 2 amide bonds. The van der Waals surface area contributed by atoms with Crippen molar-refractivity contribution in [2.45, 2.75) is 13.0 Å². The van der Waals surface area contributed by atoms with Crippen molar-refractivity contribution in [3.63, 3.8) is 0 Å². The number of ether oxygens (including phenoxy) is 1. The Kier molecular flexibility index (Phi) is 6.65. The van der Waals surface area contributed by atoms with Crippen LogP contribution in [0.3, 0.4) is 0 Å². The van der Waals surface area contributed by atoms with Crippen molar-refractivity contribution in [1.29, 1.82) is 0 Å². The Bertz CT molecular complexity index is 350. The summed E-state index contributed by atoms with van der Waals surface area (Å²) in [4.78, 5) is 35.6. The van der Waals surface area contributed by atoms with E-state index in [0.29, 0.717) is 19.7 Å². The summed E-state index contributed by atoms with van der Waals surface area (Å²) >= 11 is 1.03. The van der Waals surface area contributed by atoms with Gasteiger partial charge in [-0.3, -0.25) is 14.4 Å². The van der Waals surface area contributed by atoms with E-state index in [9.17, 15) is 14.4 Å². The van der Waals surface area contributed by atoms with Crippen LogP contribution >= 0.6 is 11.8 Å². The molecule has 0 aromatic carbocycles. The first-order valence-electron chi connectivity index (χ1n) is 6.00. The Balaban J connectivity index is 2.53. The third kappa shape index (κ3) is 5.07. The zero-order chi connectivity index (χ0) is 14.3. The first-order valence-corrected chi connectivity index (χ1v) is 7.16. The molecule has 0 spiro atoms. The minimum atomic E-state index is -0.958. The quantitative estimate of drug-likeness (QED) is 0.663. The largest absolute Gasteiger partial charge is 0.481 e. The molecular weight excluding hydrogens is 272 g/mol. The molecule has 0 aromatic heterocycles. The first-order chi connectivity index (χ1) is 9.06. The number of nitrogens with one attached hydrogen (secondary N) is 1. The van der Waals surface area contributed by atoms with E-state index >= 15 is 0 Å². The molecule has 19 heavy (non-hydrogen) atoms. The average molecular weight is 290 g/mol. The maximum Gasteiger partial charge on any atom is 0.313 e. The van der Waals surface area contributed by atoms with Crippen LogP contribution < -0.4 is 5.32 Å². The zero-order valence-corrected chi connectivity index (χ0v) is 11.6. The van der Waals surface area contributed by atoms with Crippen LogP contribution in [0.5, 0.6) is 0 Å². The minimum absolute atomic E-state index is 0.0577. The summed E-state index contributed by atoms with van der Waals surface area (Å²) in [5.41, 5.74) is 0. The summed E-state index contributed by atoms with van der Waals surface area (Å²) in [5, 5.41) is 11.2. The highest BCUT2D eigenvalue weighted by Crippen LogP contribution is 2.11. The number of likely N-dealkylation sites (N-methyl/N-ethyl adjacent to an activating group) is 1. The molecule has 1 aliphatic heterocycles. The summed E-state index contributed by atoms with van der Waals surface area (Å²) in [6, 6.07) is -0.619. The van der Waals surface area contributed by atoms with E-state index in [1.54, 1.807) is 6.92 Å². The Labute approximate surface area is 115 Å². The highest BCUT2D eigenvalue weighted by molar-refractivity contribution is 8.00. The van der Waals surface area contributed by atoms with Gasteiger partial charge in [0.05, 0.1) is 24.7 Å². The molecule has 8 heteroatoms. The number of carboxylic acids is 1. The number of hydrogen-bond acceptors (Lipinski definition) is 5. The van der Waals surface area contributed by atoms with Gasteiger partial charge in [0.1, 0.15) is 6.04 Å². The van der Waals surface area contributed by atoms with Crippen LogP contribution in [-0.2, 0) is 19.1 Å². The number of nitrogens with zero attached hydrogens (tertiary/aromatic N) is 1. The van der Waals surface area contributed by atoms with Crippen LogP contribution in [0.4, 0.5) is 0 Å². The van der Waals surface area contributed by atoms with E-state index in [2.05, 4.69) is 5.32 Å². The van der Waals surface area contributed by atoms with Gasteiger partial charge in [0.15, 0.2) is 0 Å². The molecule has 1 unspecified atom stereocenters.